The Balaban J connectivity index is 0.00000208. The van der Waals surface area contributed by atoms with Crippen LogP contribution in [0, 0.1) is 11.7 Å². The third-order valence-corrected chi connectivity index (χ3v) is 5.63. The first-order valence-electron chi connectivity index (χ1n) is 8.53. The summed E-state index contributed by atoms with van der Waals surface area (Å²) in [5.41, 5.74) is 0.569. The topological polar surface area (TPSA) is 32.3 Å². The minimum absolute atomic E-state index is 0. The summed E-state index contributed by atoms with van der Waals surface area (Å²) >= 11 is 3.37. The van der Waals surface area contributed by atoms with Crippen molar-refractivity contribution in [2.24, 2.45) is 5.92 Å². The van der Waals surface area contributed by atoms with Gasteiger partial charge in [0.2, 0.25) is 5.91 Å². The molecule has 3 nitrogen and oxygen atoms in total. The summed E-state index contributed by atoms with van der Waals surface area (Å²) in [6.45, 7) is 2.92. The average Bonchev–Trinajstić information content (AvgIpc) is 2.86. The molecule has 2 aliphatic rings. The van der Waals surface area contributed by atoms with Crippen molar-refractivity contribution in [3.8, 4) is 0 Å². The van der Waals surface area contributed by atoms with E-state index in [9.17, 15) is 9.18 Å². The van der Waals surface area contributed by atoms with Gasteiger partial charge in [0, 0.05) is 41.6 Å². The van der Waals surface area contributed by atoms with E-state index < -0.39 is 0 Å². The number of hydrogen-bond acceptors (Lipinski definition) is 2. The molecular weight excluding hydrogens is 395 g/mol. The molecule has 1 aromatic rings. The Morgan fingerprint density at radius 1 is 1.33 bits per heavy atom. The van der Waals surface area contributed by atoms with E-state index in [-0.39, 0.29) is 24.1 Å². The molecule has 0 radical (unpaired) electrons. The van der Waals surface area contributed by atoms with Crippen molar-refractivity contribution in [1.82, 2.24) is 10.2 Å². The zero-order valence-electron chi connectivity index (χ0n) is 13.9. The second kappa shape index (κ2) is 8.63. The molecule has 1 aromatic carbocycles. The highest BCUT2D eigenvalue weighted by molar-refractivity contribution is 9.10. The third kappa shape index (κ3) is 4.70. The maximum absolute atomic E-state index is 13.9. The summed E-state index contributed by atoms with van der Waals surface area (Å²) in [5, 5.41) is 3.61. The molecule has 2 fully saturated rings. The lowest BCUT2D eigenvalue weighted by atomic mass is 9.89. The van der Waals surface area contributed by atoms with E-state index >= 15 is 0 Å². The molecule has 2 bridgehead atoms. The van der Waals surface area contributed by atoms with Crippen molar-refractivity contribution in [1.29, 1.82) is 0 Å². The van der Waals surface area contributed by atoms with Crippen LogP contribution >= 0.6 is 28.3 Å². The Bertz CT molecular complexity index is 574. The number of benzene rings is 1. The summed E-state index contributed by atoms with van der Waals surface area (Å²) in [6, 6.07) is 6.09. The number of nitrogens with one attached hydrogen (secondary N) is 1. The van der Waals surface area contributed by atoms with Gasteiger partial charge in [-0.1, -0.05) is 15.9 Å². The predicted octanol–water partition coefficient (Wildman–Crippen LogP) is 4.28. The first-order valence-corrected chi connectivity index (χ1v) is 9.32. The molecule has 0 aliphatic carbocycles. The van der Waals surface area contributed by atoms with Gasteiger partial charge in [-0.05, 0) is 56.7 Å². The number of amides is 1. The van der Waals surface area contributed by atoms with Gasteiger partial charge >= 0.3 is 0 Å². The number of piperidine rings is 1. The van der Waals surface area contributed by atoms with E-state index in [1.54, 1.807) is 17.0 Å². The lowest BCUT2D eigenvalue weighted by Crippen LogP contribution is -2.40. The van der Waals surface area contributed by atoms with Gasteiger partial charge in [-0.2, -0.15) is 0 Å². The molecule has 3 rings (SSSR count). The summed E-state index contributed by atoms with van der Waals surface area (Å²) in [4.78, 5) is 14.4. The standard InChI is InChI=1S/C18H24BrFN2O.ClH/c1-2-22(11-13-10-14(19)3-6-17(13)20)18(23)9-12-7-15-4-5-16(8-12)21-15;/h3,6,10,12,15-16,21H,2,4-5,7-9,11H2,1H3;1H. The number of rotatable bonds is 5. The highest BCUT2D eigenvalue weighted by atomic mass is 79.9. The maximum atomic E-state index is 13.9. The summed E-state index contributed by atoms with van der Waals surface area (Å²) < 4.78 is 14.8. The molecule has 2 atom stereocenters. The van der Waals surface area contributed by atoms with Gasteiger partial charge in [0.1, 0.15) is 5.82 Å². The zero-order chi connectivity index (χ0) is 16.4. The second-order valence-electron chi connectivity index (χ2n) is 6.82. The van der Waals surface area contributed by atoms with Gasteiger partial charge in [0.25, 0.3) is 0 Å². The first-order chi connectivity index (χ1) is 11.0. The lowest BCUT2D eigenvalue weighted by Gasteiger charge is -2.30. The largest absolute Gasteiger partial charge is 0.339 e. The lowest BCUT2D eigenvalue weighted by molar-refractivity contribution is -0.132. The fourth-order valence-electron chi connectivity index (χ4n) is 3.96. The van der Waals surface area contributed by atoms with Crippen LogP contribution < -0.4 is 5.32 Å². The molecule has 134 valence electrons. The molecule has 0 spiro atoms. The molecule has 24 heavy (non-hydrogen) atoms. The van der Waals surface area contributed by atoms with Crippen molar-refractivity contribution in [2.75, 3.05) is 6.54 Å². The number of carbonyl (C=O) groups is 1. The van der Waals surface area contributed by atoms with Crippen LogP contribution in [0.15, 0.2) is 22.7 Å². The number of fused-ring (bicyclic) bond motifs is 2. The van der Waals surface area contributed by atoms with Crippen molar-refractivity contribution in [3.63, 3.8) is 0 Å². The van der Waals surface area contributed by atoms with E-state index in [4.69, 9.17) is 0 Å². The Hall–Kier alpha value is -0.650. The summed E-state index contributed by atoms with van der Waals surface area (Å²) in [7, 11) is 0. The van der Waals surface area contributed by atoms with Crippen LogP contribution in [0.1, 0.15) is 44.6 Å². The fraction of sp³-hybridized carbons (Fsp3) is 0.611. The van der Waals surface area contributed by atoms with Gasteiger partial charge in [0.05, 0.1) is 0 Å². The van der Waals surface area contributed by atoms with E-state index in [1.807, 2.05) is 6.92 Å². The van der Waals surface area contributed by atoms with Crippen LogP contribution in [-0.2, 0) is 11.3 Å². The minimum Gasteiger partial charge on any atom is -0.339 e. The van der Waals surface area contributed by atoms with Crippen molar-refractivity contribution in [3.05, 3.63) is 34.1 Å². The van der Waals surface area contributed by atoms with Gasteiger partial charge in [-0.15, -0.1) is 12.4 Å². The normalized spacial score (nSPS) is 25.2. The fourth-order valence-corrected chi connectivity index (χ4v) is 4.37. The maximum Gasteiger partial charge on any atom is 0.223 e. The van der Waals surface area contributed by atoms with Crippen LogP contribution in [-0.4, -0.2) is 29.4 Å². The molecule has 2 aliphatic heterocycles. The highest BCUT2D eigenvalue weighted by Crippen LogP contribution is 2.33. The molecule has 0 aromatic heterocycles. The van der Waals surface area contributed by atoms with E-state index in [0.29, 0.717) is 43.1 Å². The van der Waals surface area contributed by atoms with Gasteiger partial charge in [-0.3, -0.25) is 4.79 Å². The zero-order valence-corrected chi connectivity index (χ0v) is 16.3. The smallest absolute Gasteiger partial charge is 0.223 e. The molecule has 2 saturated heterocycles. The minimum atomic E-state index is -0.251. The summed E-state index contributed by atoms with van der Waals surface area (Å²) in [5.74, 6) is 0.375. The summed E-state index contributed by atoms with van der Waals surface area (Å²) in [6.07, 6.45) is 5.29. The Morgan fingerprint density at radius 2 is 2.00 bits per heavy atom. The number of hydrogen-bond donors (Lipinski definition) is 1. The van der Waals surface area contributed by atoms with Crippen LogP contribution in [0.4, 0.5) is 4.39 Å². The average molecular weight is 420 g/mol. The van der Waals surface area contributed by atoms with Crippen molar-refractivity contribution < 1.29 is 9.18 Å². The van der Waals surface area contributed by atoms with E-state index in [0.717, 1.165) is 17.3 Å². The van der Waals surface area contributed by atoms with E-state index in [1.165, 1.54) is 18.9 Å². The highest BCUT2D eigenvalue weighted by Gasteiger charge is 2.34. The molecule has 6 heteroatoms. The molecule has 1 amide bonds. The first kappa shape index (κ1) is 19.7. The molecule has 1 N–H and O–H groups in total. The van der Waals surface area contributed by atoms with E-state index in [2.05, 4.69) is 21.2 Å². The van der Waals surface area contributed by atoms with Crippen molar-refractivity contribution >= 4 is 34.2 Å². The van der Waals surface area contributed by atoms with Crippen LogP contribution in [0.3, 0.4) is 0 Å². The molecule has 0 saturated carbocycles. The number of nitrogens with zero attached hydrogens (tertiary/aromatic N) is 1. The van der Waals surface area contributed by atoms with Gasteiger partial charge in [0.15, 0.2) is 0 Å². The Kier molecular flexibility index (Phi) is 7.08. The monoisotopic (exact) mass is 418 g/mol. The Morgan fingerprint density at radius 3 is 2.62 bits per heavy atom. The number of carbonyl (C=O) groups excluding carboxylic acids is 1. The predicted molar refractivity (Wildman–Crippen MR) is 99.7 cm³/mol. The van der Waals surface area contributed by atoms with Crippen LogP contribution in [0.25, 0.3) is 0 Å². The van der Waals surface area contributed by atoms with Crippen LogP contribution in [0.5, 0.6) is 0 Å². The van der Waals surface area contributed by atoms with Crippen molar-refractivity contribution in [2.45, 2.75) is 57.7 Å². The molecule has 2 unspecified atom stereocenters. The quantitative estimate of drug-likeness (QED) is 0.772. The van der Waals surface area contributed by atoms with Gasteiger partial charge in [-0.25, -0.2) is 4.39 Å². The second-order valence-corrected chi connectivity index (χ2v) is 7.74. The number of halogens is 3. The molecular formula is C18H25BrClFN2O. The van der Waals surface area contributed by atoms with Crippen LogP contribution in [0.2, 0.25) is 0 Å². The third-order valence-electron chi connectivity index (χ3n) is 5.14. The Labute approximate surface area is 157 Å². The SMILES string of the molecule is CCN(Cc1cc(Br)ccc1F)C(=O)CC1CC2CCC(C1)N2.Cl. The molecule has 2 heterocycles. The van der Waals surface area contributed by atoms with Gasteiger partial charge < -0.3 is 10.2 Å².